The van der Waals surface area contributed by atoms with Gasteiger partial charge >= 0.3 is 5.97 Å². The summed E-state index contributed by atoms with van der Waals surface area (Å²) >= 11 is 0. The molecule has 0 bridgehead atoms. The Kier molecular flexibility index (Phi) is 50.8. The van der Waals surface area contributed by atoms with Crippen LogP contribution in [0, 0.1) is 0 Å². The highest BCUT2D eigenvalue weighted by atomic mass is 31.2. The molecule has 0 aromatic rings. The number of ether oxygens (including phenoxy) is 1. The predicted molar refractivity (Wildman–Crippen MR) is 303 cm³/mol. The average Bonchev–Trinajstić information content (AvgIpc) is 3.33. The highest BCUT2D eigenvalue weighted by molar-refractivity contribution is 7.45. The molecule has 0 spiro atoms. The summed E-state index contributed by atoms with van der Waals surface area (Å²) in [5.41, 5.74) is 0. The molecule has 10 heteroatoms. The number of carbonyl (C=O) groups excluding carboxylic acids is 2. The van der Waals surface area contributed by atoms with E-state index < -0.39 is 20.0 Å². The fraction of sp³-hybridized carbons (Fsp3) is 0.902. The number of unbranched alkanes of at least 4 members (excludes halogenated alkanes) is 38. The summed E-state index contributed by atoms with van der Waals surface area (Å²) in [5.74, 6) is -0.544. The predicted octanol–water partition coefficient (Wildman–Crippen LogP) is 17.9. The number of carbonyl (C=O) groups is 2. The summed E-state index contributed by atoms with van der Waals surface area (Å²) in [6.45, 7) is 6.86. The second kappa shape index (κ2) is 52.0. The third kappa shape index (κ3) is 53.1. The number of likely N-dealkylation sites (N-methyl/N-ethyl adjacent to an activating group) is 1. The first kappa shape index (κ1) is 69.5. The lowest BCUT2D eigenvalue weighted by Crippen LogP contribution is -2.47. The molecule has 0 radical (unpaired) electrons. The first-order valence-corrected chi connectivity index (χ1v) is 32.1. The third-order valence-electron chi connectivity index (χ3n) is 13.9. The molecule has 3 atom stereocenters. The monoisotopic (exact) mass is 1020 g/mol. The molecular formula is C61H119N2O7P. The number of allylic oxidation sites excluding steroid dienone is 3. The summed E-state index contributed by atoms with van der Waals surface area (Å²) in [5, 5.41) is 3.03. The second-order valence-electron chi connectivity index (χ2n) is 22.2. The molecule has 9 nitrogen and oxygen atoms in total. The van der Waals surface area contributed by atoms with Crippen molar-refractivity contribution in [1.29, 1.82) is 0 Å². The van der Waals surface area contributed by atoms with Crippen LogP contribution in [0.3, 0.4) is 0 Å². The van der Waals surface area contributed by atoms with E-state index in [1.165, 1.54) is 199 Å². The molecule has 420 valence electrons. The maximum absolute atomic E-state index is 13.5. The molecule has 0 fully saturated rings. The first-order chi connectivity index (χ1) is 34.4. The van der Waals surface area contributed by atoms with Crippen molar-refractivity contribution in [2.45, 2.75) is 315 Å². The lowest BCUT2D eigenvalue weighted by Gasteiger charge is -2.30. The Bertz CT molecular complexity index is 1270. The first-order valence-electron chi connectivity index (χ1n) is 30.6. The van der Waals surface area contributed by atoms with Crippen molar-refractivity contribution < 1.29 is 37.3 Å². The molecule has 0 aliphatic heterocycles. The van der Waals surface area contributed by atoms with E-state index >= 15 is 0 Å². The Morgan fingerprint density at radius 3 is 1.21 bits per heavy atom. The molecule has 0 aromatic heterocycles. The molecule has 1 N–H and O–H groups in total. The van der Waals surface area contributed by atoms with Gasteiger partial charge in [0, 0.05) is 12.8 Å². The number of quaternary nitrogens is 1. The molecular weight excluding hydrogens is 904 g/mol. The van der Waals surface area contributed by atoms with Crippen molar-refractivity contribution in [1.82, 2.24) is 5.32 Å². The largest absolute Gasteiger partial charge is 0.756 e. The summed E-state index contributed by atoms with van der Waals surface area (Å²) in [6, 6.07) is -0.888. The van der Waals surface area contributed by atoms with Crippen LogP contribution >= 0.6 is 7.82 Å². The standard InChI is InChI=1S/C61H119N2O7P/c1-7-10-13-16-19-22-25-28-29-30-31-32-33-36-38-41-44-47-50-53-60(64)62-58(57-69-71(66,67)68-56-55-63(4,5)6)59(52-49-46-43-40-37-34-26-23-20-17-14-11-8-2)70-61(65)54-51-48-45-42-39-35-27-24-21-18-15-12-9-3/h35,39,49,52,58-59H,7-34,36-38,40-48,50-51,53-57H2,1-6H3,(H-,62,64,66,67)/b39-35-,52-49+. The van der Waals surface area contributed by atoms with Gasteiger partial charge in [0.1, 0.15) is 19.3 Å². The van der Waals surface area contributed by atoms with Crippen LogP contribution in [-0.2, 0) is 27.9 Å². The SMILES string of the molecule is CCCCCCCC/C=C\CCCCCC(=O)OC(/C=C/CCCCCCCCCCCCC)C(COP(=O)([O-])OCC[N+](C)(C)C)NC(=O)CCCCCCCCCCCCCCCCCCCCC. The number of hydrogen-bond acceptors (Lipinski definition) is 7. The zero-order valence-electron chi connectivity index (χ0n) is 48.0. The molecule has 71 heavy (non-hydrogen) atoms. The lowest BCUT2D eigenvalue weighted by molar-refractivity contribution is -0.870. The van der Waals surface area contributed by atoms with Gasteiger partial charge in [-0.1, -0.05) is 257 Å². The van der Waals surface area contributed by atoms with E-state index in [1.54, 1.807) is 0 Å². The van der Waals surface area contributed by atoms with E-state index in [4.69, 9.17) is 13.8 Å². The molecule has 0 rings (SSSR count). The van der Waals surface area contributed by atoms with Gasteiger partial charge < -0.3 is 28.5 Å². The Balaban J connectivity index is 5.26. The number of amides is 1. The number of esters is 1. The minimum atomic E-state index is -4.69. The summed E-state index contributed by atoms with van der Waals surface area (Å²) in [7, 11) is 1.19. The van der Waals surface area contributed by atoms with Gasteiger partial charge in [0.25, 0.3) is 7.82 Å². The zero-order valence-corrected chi connectivity index (χ0v) is 48.8. The lowest BCUT2D eigenvalue weighted by atomic mass is 10.0. The van der Waals surface area contributed by atoms with Crippen LogP contribution in [0.5, 0.6) is 0 Å². The number of phosphoric acid groups is 1. The molecule has 0 aromatic carbocycles. The summed E-state index contributed by atoms with van der Waals surface area (Å²) in [4.78, 5) is 39.9. The topological polar surface area (TPSA) is 114 Å². The average molecular weight is 1020 g/mol. The van der Waals surface area contributed by atoms with Crippen LogP contribution in [0.1, 0.15) is 303 Å². The number of nitrogens with one attached hydrogen (secondary N) is 1. The minimum absolute atomic E-state index is 0.0209. The maximum Gasteiger partial charge on any atom is 0.306 e. The van der Waals surface area contributed by atoms with E-state index in [1.807, 2.05) is 33.3 Å². The van der Waals surface area contributed by atoms with Gasteiger partial charge in [-0.2, -0.15) is 0 Å². The molecule has 0 aliphatic rings. The van der Waals surface area contributed by atoms with E-state index in [9.17, 15) is 19.0 Å². The van der Waals surface area contributed by atoms with Crippen molar-refractivity contribution in [3.8, 4) is 0 Å². The molecule has 0 heterocycles. The normalized spacial score (nSPS) is 13.8. The number of nitrogens with zero attached hydrogens (tertiary/aromatic N) is 1. The third-order valence-corrected chi connectivity index (χ3v) is 14.8. The van der Waals surface area contributed by atoms with Crippen molar-refractivity contribution in [2.75, 3.05) is 40.9 Å². The Labute approximate surface area is 441 Å². The smallest absolute Gasteiger partial charge is 0.306 e. The van der Waals surface area contributed by atoms with Gasteiger partial charge in [0.05, 0.1) is 33.8 Å². The Hall–Kier alpha value is -1.51. The molecule has 1 amide bonds. The fourth-order valence-electron chi connectivity index (χ4n) is 9.11. The van der Waals surface area contributed by atoms with E-state index in [0.717, 1.165) is 64.2 Å². The Morgan fingerprint density at radius 2 is 0.817 bits per heavy atom. The van der Waals surface area contributed by atoms with Crippen molar-refractivity contribution in [3.63, 3.8) is 0 Å². The fourth-order valence-corrected chi connectivity index (χ4v) is 9.83. The number of hydrogen-bond donors (Lipinski definition) is 1. The molecule has 3 unspecified atom stereocenters. The Morgan fingerprint density at radius 1 is 0.479 bits per heavy atom. The summed E-state index contributed by atoms with van der Waals surface area (Å²) in [6.07, 6.45) is 60.0. The van der Waals surface area contributed by atoms with Crippen molar-refractivity contribution in [3.05, 3.63) is 24.3 Å². The minimum Gasteiger partial charge on any atom is -0.756 e. The van der Waals surface area contributed by atoms with Crippen LogP contribution in [0.4, 0.5) is 0 Å². The zero-order chi connectivity index (χ0) is 52.2. The highest BCUT2D eigenvalue weighted by Gasteiger charge is 2.27. The van der Waals surface area contributed by atoms with Gasteiger partial charge in [0.2, 0.25) is 5.91 Å². The quantitative estimate of drug-likeness (QED) is 0.0212. The van der Waals surface area contributed by atoms with Crippen LogP contribution < -0.4 is 10.2 Å². The highest BCUT2D eigenvalue weighted by Crippen LogP contribution is 2.38. The van der Waals surface area contributed by atoms with Gasteiger partial charge in [0.15, 0.2) is 0 Å². The number of phosphoric ester groups is 1. The molecule has 0 saturated carbocycles. The molecule has 0 aliphatic carbocycles. The van der Waals surface area contributed by atoms with E-state index in [-0.39, 0.29) is 31.5 Å². The van der Waals surface area contributed by atoms with Crippen LogP contribution in [0.15, 0.2) is 24.3 Å². The molecule has 0 saturated heterocycles. The second-order valence-corrected chi connectivity index (χ2v) is 23.6. The van der Waals surface area contributed by atoms with Gasteiger partial charge in [-0.25, -0.2) is 0 Å². The number of rotatable bonds is 56. The summed E-state index contributed by atoms with van der Waals surface area (Å²) < 4.78 is 30.3. The van der Waals surface area contributed by atoms with E-state index in [0.29, 0.717) is 23.9 Å². The van der Waals surface area contributed by atoms with Crippen molar-refractivity contribution in [2.24, 2.45) is 0 Å². The van der Waals surface area contributed by atoms with Crippen LogP contribution in [-0.4, -0.2) is 69.4 Å². The maximum atomic E-state index is 13.5. The van der Waals surface area contributed by atoms with Gasteiger partial charge in [-0.05, 0) is 57.4 Å². The van der Waals surface area contributed by atoms with E-state index in [2.05, 4.69) is 38.2 Å². The van der Waals surface area contributed by atoms with Gasteiger partial charge in [-0.15, -0.1) is 0 Å². The van der Waals surface area contributed by atoms with Crippen LogP contribution in [0.25, 0.3) is 0 Å². The van der Waals surface area contributed by atoms with Crippen molar-refractivity contribution >= 4 is 19.7 Å². The van der Waals surface area contributed by atoms with Gasteiger partial charge in [-0.3, -0.25) is 14.2 Å². The van der Waals surface area contributed by atoms with Crippen LogP contribution in [0.2, 0.25) is 0 Å².